The molecule has 1 aliphatic carbocycles. The van der Waals surface area contributed by atoms with E-state index in [9.17, 15) is 0 Å². The molecular weight excluding hydrogens is 546 g/mol. The number of anilines is 3. The molecule has 214 valence electrons. The molecule has 1 heterocycles. The van der Waals surface area contributed by atoms with Crippen molar-refractivity contribution < 1.29 is 4.42 Å². The van der Waals surface area contributed by atoms with E-state index in [-0.39, 0.29) is 5.41 Å². The van der Waals surface area contributed by atoms with E-state index in [1.54, 1.807) is 0 Å². The second kappa shape index (κ2) is 9.70. The van der Waals surface area contributed by atoms with Gasteiger partial charge in [-0.1, -0.05) is 135 Å². The normalized spacial score (nSPS) is 13.3. The van der Waals surface area contributed by atoms with Gasteiger partial charge in [-0.2, -0.15) is 0 Å². The van der Waals surface area contributed by atoms with Crippen LogP contribution in [-0.4, -0.2) is 0 Å². The van der Waals surface area contributed by atoms with E-state index >= 15 is 0 Å². The molecule has 0 amide bonds. The Morgan fingerprint density at radius 3 is 2.09 bits per heavy atom. The van der Waals surface area contributed by atoms with Gasteiger partial charge in [0.05, 0.1) is 11.4 Å². The fourth-order valence-electron chi connectivity index (χ4n) is 7.57. The quantitative estimate of drug-likeness (QED) is 0.207. The molecule has 45 heavy (non-hydrogen) atoms. The molecule has 7 aromatic carbocycles. The Labute approximate surface area is 262 Å². The summed E-state index contributed by atoms with van der Waals surface area (Å²) in [6.07, 6.45) is 0. The first-order chi connectivity index (χ1) is 22.1. The molecule has 0 fully saturated rings. The van der Waals surface area contributed by atoms with Gasteiger partial charge >= 0.3 is 0 Å². The van der Waals surface area contributed by atoms with Gasteiger partial charge < -0.3 is 9.32 Å². The average molecular weight is 578 g/mol. The van der Waals surface area contributed by atoms with E-state index in [1.165, 1.54) is 44.2 Å². The summed E-state index contributed by atoms with van der Waals surface area (Å²) >= 11 is 0. The molecule has 0 aliphatic heterocycles. The fourth-order valence-corrected chi connectivity index (χ4v) is 7.57. The van der Waals surface area contributed by atoms with Crippen LogP contribution in [0.4, 0.5) is 17.1 Å². The summed E-state index contributed by atoms with van der Waals surface area (Å²) in [4.78, 5) is 2.39. The number of nitrogens with zero attached hydrogens (tertiary/aromatic N) is 1. The number of hydrogen-bond acceptors (Lipinski definition) is 2. The van der Waals surface area contributed by atoms with Crippen molar-refractivity contribution in [3.05, 3.63) is 163 Å². The molecule has 0 saturated heterocycles. The highest BCUT2D eigenvalue weighted by Gasteiger charge is 2.37. The van der Waals surface area contributed by atoms with Crippen LogP contribution >= 0.6 is 0 Å². The summed E-state index contributed by atoms with van der Waals surface area (Å²) in [6, 6.07) is 54.5. The van der Waals surface area contributed by atoms with Crippen LogP contribution in [0.15, 0.2) is 156 Å². The maximum atomic E-state index is 6.64. The average Bonchev–Trinajstić information content (AvgIpc) is 3.58. The zero-order valence-electron chi connectivity index (χ0n) is 25.3. The van der Waals surface area contributed by atoms with Gasteiger partial charge in [-0.25, -0.2) is 0 Å². The van der Waals surface area contributed by atoms with Crippen molar-refractivity contribution >= 4 is 49.8 Å². The fraction of sp³-hybridized carbons (Fsp3) is 0.0698. The first-order valence-corrected chi connectivity index (χ1v) is 15.6. The molecule has 0 spiro atoms. The van der Waals surface area contributed by atoms with Crippen LogP contribution in [0.5, 0.6) is 0 Å². The van der Waals surface area contributed by atoms with Crippen LogP contribution in [0.2, 0.25) is 0 Å². The molecule has 2 nitrogen and oxygen atoms in total. The Hall–Kier alpha value is -5.60. The van der Waals surface area contributed by atoms with E-state index in [0.717, 1.165) is 39.0 Å². The van der Waals surface area contributed by atoms with Crippen LogP contribution in [0, 0.1) is 0 Å². The highest BCUT2D eigenvalue weighted by Crippen LogP contribution is 2.54. The summed E-state index contributed by atoms with van der Waals surface area (Å²) in [7, 11) is 0. The van der Waals surface area contributed by atoms with Gasteiger partial charge in [-0.05, 0) is 68.9 Å². The van der Waals surface area contributed by atoms with Crippen LogP contribution in [0.1, 0.15) is 25.0 Å². The van der Waals surface area contributed by atoms with Crippen molar-refractivity contribution in [3.8, 4) is 22.3 Å². The van der Waals surface area contributed by atoms with Gasteiger partial charge in [0.25, 0.3) is 0 Å². The van der Waals surface area contributed by atoms with Gasteiger partial charge in [0.1, 0.15) is 5.58 Å². The summed E-state index contributed by atoms with van der Waals surface area (Å²) < 4.78 is 6.64. The number of para-hydroxylation sites is 3. The Morgan fingerprint density at radius 2 is 1.20 bits per heavy atom. The Balaban J connectivity index is 1.32. The molecule has 0 atom stereocenters. The highest BCUT2D eigenvalue weighted by molar-refractivity contribution is 6.11. The minimum Gasteiger partial charge on any atom is -0.454 e. The lowest BCUT2D eigenvalue weighted by Crippen LogP contribution is -2.17. The first kappa shape index (κ1) is 25.9. The molecule has 2 heteroatoms. The second-order valence-corrected chi connectivity index (χ2v) is 12.5. The molecule has 0 unspecified atom stereocenters. The molecule has 0 bridgehead atoms. The monoisotopic (exact) mass is 577 g/mol. The van der Waals surface area contributed by atoms with Gasteiger partial charge in [-0.15, -0.1) is 0 Å². The molecule has 0 saturated carbocycles. The summed E-state index contributed by atoms with van der Waals surface area (Å²) in [5.41, 5.74) is 12.6. The first-order valence-electron chi connectivity index (χ1n) is 15.6. The van der Waals surface area contributed by atoms with Gasteiger partial charge in [-0.3, -0.25) is 0 Å². The zero-order valence-corrected chi connectivity index (χ0v) is 25.3. The smallest absolute Gasteiger partial charge is 0.159 e. The third-order valence-electron chi connectivity index (χ3n) is 9.63. The molecule has 1 aromatic heterocycles. The van der Waals surface area contributed by atoms with Gasteiger partial charge in [0.15, 0.2) is 5.58 Å². The van der Waals surface area contributed by atoms with Crippen LogP contribution in [-0.2, 0) is 5.41 Å². The summed E-state index contributed by atoms with van der Waals surface area (Å²) in [5.74, 6) is 0. The third-order valence-corrected chi connectivity index (χ3v) is 9.63. The van der Waals surface area contributed by atoms with E-state index in [0.29, 0.717) is 0 Å². The van der Waals surface area contributed by atoms with E-state index < -0.39 is 0 Å². The number of rotatable bonds is 4. The van der Waals surface area contributed by atoms with Gasteiger partial charge in [0, 0.05) is 27.4 Å². The van der Waals surface area contributed by atoms with Crippen molar-refractivity contribution in [3.63, 3.8) is 0 Å². The lowest BCUT2D eigenvalue weighted by Gasteiger charge is -2.30. The maximum absolute atomic E-state index is 6.64. The van der Waals surface area contributed by atoms with Crippen molar-refractivity contribution in [1.29, 1.82) is 0 Å². The lowest BCUT2D eigenvalue weighted by molar-refractivity contribution is 0.666. The van der Waals surface area contributed by atoms with Crippen molar-refractivity contribution in [2.45, 2.75) is 19.3 Å². The predicted molar refractivity (Wildman–Crippen MR) is 189 cm³/mol. The summed E-state index contributed by atoms with van der Waals surface area (Å²) in [6.45, 7) is 4.74. The lowest BCUT2D eigenvalue weighted by atomic mass is 9.80. The molecule has 8 aromatic rings. The standard InChI is InChI=1S/C43H31NO/c1-43(2)37-27-30(24-26-33(37)35-25-23-29-15-6-7-17-32(29)41(35)43)44(38-20-10-8-16-31(38)28-13-4-3-5-14-28)39-21-12-19-36-34-18-9-11-22-40(34)45-42(36)39/h3-27H,1-2H3. The van der Waals surface area contributed by atoms with Crippen molar-refractivity contribution in [2.75, 3.05) is 4.90 Å². The Bertz CT molecular complexity index is 2410. The minimum atomic E-state index is -0.169. The topological polar surface area (TPSA) is 16.4 Å². The Kier molecular flexibility index (Phi) is 5.58. The third kappa shape index (κ3) is 3.82. The van der Waals surface area contributed by atoms with E-state index in [1.807, 2.05) is 6.07 Å². The number of fused-ring (bicyclic) bond motifs is 8. The minimum absolute atomic E-state index is 0.169. The molecule has 1 aliphatic rings. The van der Waals surface area contributed by atoms with Crippen LogP contribution in [0.3, 0.4) is 0 Å². The number of benzene rings is 7. The van der Waals surface area contributed by atoms with Crippen molar-refractivity contribution in [1.82, 2.24) is 0 Å². The molecule has 0 N–H and O–H groups in total. The molecule has 9 rings (SSSR count). The summed E-state index contributed by atoms with van der Waals surface area (Å²) in [5, 5.41) is 4.86. The maximum Gasteiger partial charge on any atom is 0.159 e. The van der Waals surface area contributed by atoms with Crippen LogP contribution in [0.25, 0.3) is 55.0 Å². The number of furan rings is 1. The van der Waals surface area contributed by atoms with E-state index in [4.69, 9.17) is 4.42 Å². The molecular formula is C43H31NO. The predicted octanol–water partition coefficient (Wildman–Crippen LogP) is 12.2. The van der Waals surface area contributed by atoms with E-state index in [2.05, 4.69) is 164 Å². The second-order valence-electron chi connectivity index (χ2n) is 12.5. The highest BCUT2D eigenvalue weighted by atomic mass is 16.3. The number of hydrogen-bond donors (Lipinski definition) is 0. The zero-order chi connectivity index (χ0) is 30.1. The van der Waals surface area contributed by atoms with Crippen molar-refractivity contribution in [2.24, 2.45) is 0 Å². The van der Waals surface area contributed by atoms with Crippen LogP contribution < -0.4 is 4.90 Å². The van der Waals surface area contributed by atoms with Gasteiger partial charge in [0.2, 0.25) is 0 Å². The SMILES string of the molecule is CC1(C)c2cc(N(c3ccccc3-c3ccccc3)c3cccc4c3oc3ccccc34)ccc2-c2ccc3ccccc3c21. The molecule has 0 radical (unpaired) electrons. The Morgan fingerprint density at radius 1 is 0.511 bits per heavy atom. The largest absolute Gasteiger partial charge is 0.454 e.